The Bertz CT molecular complexity index is 191. The van der Waals surface area contributed by atoms with E-state index in [9.17, 15) is 14.9 Å². The predicted molar refractivity (Wildman–Crippen MR) is 46.8 cm³/mol. The molecule has 0 heterocycles. The Kier molecular flexibility index (Phi) is 5.03. The van der Waals surface area contributed by atoms with E-state index < -0.39 is 16.8 Å². The molecule has 1 atom stereocenters. The van der Waals surface area contributed by atoms with Gasteiger partial charge in [-0.05, 0) is 12.3 Å². The highest BCUT2D eigenvalue weighted by molar-refractivity contribution is 5.72. The summed E-state index contributed by atoms with van der Waals surface area (Å²) in [5.41, 5.74) is 0. The highest BCUT2D eigenvalue weighted by atomic mass is 16.6. The number of methoxy groups -OCH3 is 1. The summed E-state index contributed by atoms with van der Waals surface area (Å²) >= 11 is 0. The van der Waals surface area contributed by atoms with Gasteiger partial charge in [0, 0.05) is 4.92 Å². The van der Waals surface area contributed by atoms with Crippen LogP contribution in [0.15, 0.2) is 0 Å². The lowest BCUT2D eigenvalue weighted by Crippen LogP contribution is -2.25. The number of esters is 1. The summed E-state index contributed by atoms with van der Waals surface area (Å²) in [4.78, 5) is 20.8. The normalized spacial score (nSPS) is 12.6. The van der Waals surface area contributed by atoms with Crippen LogP contribution in [0.4, 0.5) is 0 Å². The van der Waals surface area contributed by atoms with Crippen molar-refractivity contribution in [1.29, 1.82) is 0 Å². The largest absolute Gasteiger partial charge is 0.469 e. The average molecular weight is 189 g/mol. The first-order chi connectivity index (χ1) is 5.97. The van der Waals surface area contributed by atoms with Gasteiger partial charge in [-0.15, -0.1) is 0 Å². The van der Waals surface area contributed by atoms with Crippen molar-refractivity contribution in [2.45, 2.75) is 20.3 Å². The van der Waals surface area contributed by atoms with Crippen LogP contribution in [-0.4, -0.2) is 24.5 Å². The molecule has 0 aromatic heterocycles. The monoisotopic (exact) mass is 189 g/mol. The fourth-order valence-electron chi connectivity index (χ4n) is 1.16. The molecule has 0 saturated carbocycles. The summed E-state index contributed by atoms with van der Waals surface area (Å²) in [7, 11) is 1.25. The van der Waals surface area contributed by atoms with Gasteiger partial charge < -0.3 is 4.74 Å². The summed E-state index contributed by atoms with van der Waals surface area (Å²) in [6, 6.07) is 0. The van der Waals surface area contributed by atoms with Gasteiger partial charge in [-0.25, -0.2) is 0 Å². The molecule has 0 aliphatic carbocycles. The van der Waals surface area contributed by atoms with Gasteiger partial charge >= 0.3 is 5.97 Å². The molecule has 0 aromatic carbocycles. The molecule has 0 bridgehead atoms. The predicted octanol–water partition coefficient (Wildman–Crippen LogP) is 1.10. The fraction of sp³-hybridized carbons (Fsp3) is 0.875. The third-order valence-corrected chi connectivity index (χ3v) is 1.66. The maximum absolute atomic E-state index is 11.1. The Morgan fingerprint density at radius 1 is 1.54 bits per heavy atom. The van der Waals surface area contributed by atoms with Crippen LogP contribution in [0, 0.1) is 22.0 Å². The highest BCUT2D eigenvalue weighted by Gasteiger charge is 2.25. The van der Waals surface area contributed by atoms with Gasteiger partial charge in [-0.1, -0.05) is 13.8 Å². The summed E-state index contributed by atoms with van der Waals surface area (Å²) in [5, 5.41) is 10.2. The van der Waals surface area contributed by atoms with Gasteiger partial charge in [0.05, 0.1) is 7.11 Å². The van der Waals surface area contributed by atoms with Crippen molar-refractivity contribution in [1.82, 2.24) is 0 Å². The second kappa shape index (κ2) is 5.50. The van der Waals surface area contributed by atoms with E-state index in [1.165, 1.54) is 7.11 Å². The molecule has 76 valence electrons. The summed E-state index contributed by atoms with van der Waals surface area (Å²) < 4.78 is 4.47. The highest BCUT2D eigenvalue weighted by Crippen LogP contribution is 2.13. The number of hydrogen-bond acceptors (Lipinski definition) is 4. The van der Waals surface area contributed by atoms with Crippen LogP contribution in [0.5, 0.6) is 0 Å². The lowest BCUT2D eigenvalue weighted by atomic mass is 9.97. The molecule has 0 fully saturated rings. The van der Waals surface area contributed by atoms with Crippen LogP contribution >= 0.6 is 0 Å². The molecular formula is C8H15NO4. The van der Waals surface area contributed by atoms with Crippen LogP contribution in [0.25, 0.3) is 0 Å². The maximum atomic E-state index is 11.1. The Balaban J connectivity index is 4.18. The summed E-state index contributed by atoms with van der Waals surface area (Å²) in [6.45, 7) is 3.48. The zero-order valence-corrected chi connectivity index (χ0v) is 8.15. The molecule has 0 N–H and O–H groups in total. The fourth-order valence-corrected chi connectivity index (χ4v) is 1.16. The van der Waals surface area contributed by atoms with Crippen molar-refractivity contribution in [3.8, 4) is 0 Å². The van der Waals surface area contributed by atoms with E-state index in [1.807, 2.05) is 13.8 Å². The quantitative estimate of drug-likeness (QED) is 0.369. The Hall–Kier alpha value is -1.13. The van der Waals surface area contributed by atoms with Gasteiger partial charge in [-0.2, -0.15) is 0 Å². The Morgan fingerprint density at radius 3 is 2.38 bits per heavy atom. The van der Waals surface area contributed by atoms with Crippen molar-refractivity contribution < 1.29 is 14.5 Å². The van der Waals surface area contributed by atoms with Crippen molar-refractivity contribution in [3.63, 3.8) is 0 Å². The van der Waals surface area contributed by atoms with E-state index in [1.54, 1.807) is 0 Å². The number of nitrogens with zero attached hydrogens (tertiary/aromatic N) is 1. The molecule has 1 unspecified atom stereocenters. The number of ether oxygens (including phenoxy) is 1. The van der Waals surface area contributed by atoms with Gasteiger partial charge in [0.2, 0.25) is 6.54 Å². The molecule has 0 radical (unpaired) electrons. The minimum absolute atomic E-state index is 0.254. The van der Waals surface area contributed by atoms with Crippen molar-refractivity contribution in [2.75, 3.05) is 13.7 Å². The molecule has 0 amide bonds. The summed E-state index contributed by atoms with van der Waals surface area (Å²) in [6.07, 6.45) is 0.494. The van der Waals surface area contributed by atoms with E-state index in [0.29, 0.717) is 6.42 Å². The summed E-state index contributed by atoms with van der Waals surface area (Å²) in [5.74, 6) is -0.852. The number of hydrogen-bond donors (Lipinski definition) is 0. The SMILES string of the molecule is COC(=O)C(CC(C)C)C[N+](=O)[O-]. The average Bonchev–Trinajstić information content (AvgIpc) is 2.00. The van der Waals surface area contributed by atoms with Crippen LogP contribution in [0.3, 0.4) is 0 Å². The number of nitro groups is 1. The van der Waals surface area contributed by atoms with E-state index in [0.717, 1.165) is 0 Å². The molecular weight excluding hydrogens is 174 g/mol. The Labute approximate surface area is 77.2 Å². The van der Waals surface area contributed by atoms with Crippen LogP contribution < -0.4 is 0 Å². The van der Waals surface area contributed by atoms with Crippen LogP contribution in [0.1, 0.15) is 20.3 Å². The molecule has 0 aliphatic rings. The smallest absolute Gasteiger partial charge is 0.315 e. The first-order valence-electron chi connectivity index (χ1n) is 4.17. The van der Waals surface area contributed by atoms with Crippen molar-refractivity contribution in [3.05, 3.63) is 10.1 Å². The lowest BCUT2D eigenvalue weighted by Gasteiger charge is -2.12. The van der Waals surface area contributed by atoms with Crippen molar-refractivity contribution >= 4 is 5.97 Å². The molecule has 13 heavy (non-hydrogen) atoms. The van der Waals surface area contributed by atoms with Crippen LogP contribution in [-0.2, 0) is 9.53 Å². The standard InChI is InChI=1S/C8H15NO4/c1-6(2)4-7(5-9(11)12)8(10)13-3/h6-7H,4-5H2,1-3H3. The number of carbonyl (C=O) groups is 1. The van der Waals surface area contributed by atoms with Crippen LogP contribution in [0.2, 0.25) is 0 Å². The topological polar surface area (TPSA) is 69.4 Å². The minimum atomic E-state index is -0.611. The second-order valence-corrected chi connectivity index (χ2v) is 3.36. The molecule has 0 saturated heterocycles. The van der Waals surface area contributed by atoms with Crippen molar-refractivity contribution in [2.24, 2.45) is 11.8 Å². The van der Waals surface area contributed by atoms with Gasteiger partial charge in [0.1, 0.15) is 5.92 Å². The molecule has 0 aromatic rings. The van der Waals surface area contributed by atoms with Gasteiger partial charge in [-0.3, -0.25) is 14.9 Å². The third kappa shape index (κ3) is 5.16. The number of carbonyl (C=O) groups excluding carboxylic acids is 1. The zero-order chi connectivity index (χ0) is 10.4. The maximum Gasteiger partial charge on any atom is 0.315 e. The van der Waals surface area contributed by atoms with E-state index in [2.05, 4.69) is 4.74 Å². The van der Waals surface area contributed by atoms with E-state index >= 15 is 0 Å². The molecule has 0 spiro atoms. The zero-order valence-electron chi connectivity index (χ0n) is 8.15. The lowest BCUT2D eigenvalue weighted by molar-refractivity contribution is -0.486. The minimum Gasteiger partial charge on any atom is -0.469 e. The molecule has 5 heteroatoms. The second-order valence-electron chi connectivity index (χ2n) is 3.36. The van der Waals surface area contributed by atoms with E-state index in [-0.39, 0.29) is 12.5 Å². The van der Waals surface area contributed by atoms with Gasteiger partial charge in [0.25, 0.3) is 0 Å². The first-order valence-corrected chi connectivity index (χ1v) is 4.17. The molecule has 0 aliphatic heterocycles. The number of rotatable bonds is 5. The molecule has 5 nitrogen and oxygen atoms in total. The molecule has 0 rings (SSSR count). The van der Waals surface area contributed by atoms with E-state index in [4.69, 9.17) is 0 Å². The first kappa shape index (κ1) is 11.9. The Morgan fingerprint density at radius 2 is 2.08 bits per heavy atom. The van der Waals surface area contributed by atoms with Gasteiger partial charge in [0.15, 0.2) is 0 Å². The third-order valence-electron chi connectivity index (χ3n) is 1.66.